The molecule has 1 heterocycles. The smallest absolute Gasteiger partial charge is 0.226 e. The number of benzene rings is 1. The molecule has 24 heavy (non-hydrogen) atoms. The van der Waals surface area contributed by atoms with Crippen molar-refractivity contribution >= 4 is 17.2 Å². The lowest BCUT2D eigenvalue weighted by Gasteiger charge is -2.21. The number of carbonyl (C=O) groups excluding carboxylic acids is 1. The molecule has 0 bridgehead atoms. The second-order valence-electron chi connectivity index (χ2n) is 6.81. The third-order valence-electron chi connectivity index (χ3n) is 4.51. The molecule has 0 saturated heterocycles. The van der Waals surface area contributed by atoms with E-state index in [1.165, 1.54) is 5.56 Å². The summed E-state index contributed by atoms with van der Waals surface area (Å²) in [6.07, 6.45) is 4.42. The Labute approximate surface area is 146 Å². The van der Waals surface area contributed by atoms with Gasteiger partial charge in [0.25, 0.3) is 0 Å². The standard InChI is InChI=1S/C19H22N2O2S/c1-13-2-8-17(9-3-13)23-11-18-20-15(12-24-18)10-21(16-6-7-16)19(22)14-4-5-14/h2-3,8-9,12,14,16H,4-7,10-11H2,1H3. The molecule has 2 aliphatic carbocycles. The zero-order valence-electron chi connectivity index (χ0n) is 13.9. The normalized spacial score (nSPS) is 16.9. The van der Waals surface area contributed by atoms with Crippen molar-refractivity contribution in [3.63, 3.8) is 0 Å². The number of nitrogens with zero attached hydrogens (tertiary/aromatic N) is 2. The minimum absolute atomic E-state index is 0.286. The molecule has 0 radical (unpaired) electrons. The van der Waals surface area contributed by atoms with Crippen molar-refractivity contribution < 1.29 is 9.53 Å². The molecule has 1 aromatic carbocycles. The molecule has 0 spiro atoms. The molecule has 0 aliphatic heterocycles. The van der Waals surface area contributed by atoms with E-state index in [1.54, 1.807) is 11.3 Å². The van der Waals surface area contributed by atoms with E-state index in [2.05, 4.69) is 22.2 Å². The third-order valence-corrected chi connectivity index (χ3v) is 5.38. The van der Waals surface area contributed by atoms with Gasteiger partial charge in [0.05, 0.1) is 12.2 Å². The van der Waals surface area contributed by atoms with Crippen LogP contribution in [0.3, 0.4) is 0 Å². The molecule has 2 fully saturated rings. The van der Waals surface area contributed by atoms with Crippen molar-refractivity contribution in [3.05, 3.63) is 45.9 Å². The molecule has 0 atom stereocenters. The highest BCUT2D eigenvalue weighted by molar-refractivity contribution is 7.09. The Morgan fingerprint density at radius 2 is 2.00 bits per heavy atom. The maximum atomic E-state index is 12.4. The zero-order chi connectivity index (χ0) is 16.5. The molecular formula is C19H22N2O2S. The monoisotopic (exact) mass is 342 g/mol. The third kappa shape index (κ3) is 3.78. The first kappa shape index (κ1) is 15.6. The highest BCUT2D eigenvalue weighted by atomic mass is 32.1. The summed E-state index contributed by atoms with van der Waals surface area (Å²) in [5.41, 5.74) is 2.21. The number of aromatic nitrogens is 1. The van der Waals surface area contributed by atoms with Gasteiger partial charge in [0.2, 0.25) is 5.91 Å². The summed E-state index contributed by atoms with van der Waals surface area (Å²) >= 11 is 1.61. The predicted octanol–water partition coefficient (Wildman–Crippen LogP) is 3.93. The van der Waals surface area contributed by atoms with E-state index in [1.807, 2.05) is 24.3 Å². The van der Waals surface area contributed by atoms with E-state index in [4.69, 9.17) is 4.74 Å². The van der Waals surface area contributed by atoms with Crippen LogP contribution >= 0.6 is 11.3 Å². The topological polar surface area (TPSA) is 42.4 Å². The number of hydrogen-bond donors (Lipinski definition) is 0. The van der Waals surface area contributed by atoms with Crippen LogP contribution in [0.15, 0.2) is 29.6 Å². The van der Waals surface area contributed by atoms with E-state index in [0.29, 0.717) is 25.1 Å². The molecular weight excluding hydrogens is 320 g/mol. The van der Waals surface area contributed by atoms with Gasteiger partial charge in [-0.1, -0.05) is 17.7 Å². The fraction of sp³-hybridized carbons (Fsp3) is 0.474. The maximum absolute atomic E-state index is 12.4. The van der Waals surface area contributed by atoms with Gasteiger partial charge in [0.1, 0.15) is 17.4 Å². The van der Waals surface area contributed by atoms with Crippen molar-refractivity contribution in [1.82, 2.24) is 9.88 Å². The van der Waals surface area contributed by atoms with Crippen molar-refractivity contribution in [1.29, 1.82) is 0 Å². The summed E-state index contributed by atoms with van der Waals surface area (Å²) in [5, 5.41) is 3.02. The summed E-state index contributed by atoms with van der Waals surface area (Å²) in [7, 11) is 0. The molecule has 1 amide bonds. The SMILES string of the molecule is Cc1ccc(OCc2nc(CN(C(=O)C3CC3)C3CC3)cs2)cc1. The number of ether oxygens (including phenoxy) is 1. The average Bonchev–Trinajstić information content (AvgIpc) is 3.50. The van der Waals surface area contributed by atoms with Crippen LogP contribution in [0.25, 0.3) is 0 Å². The van der Waals surface area contributed by atoms with E-state index < -0.39 is 0 Å². The van der Waals surface area contributed by atoms with Gasteiger partial charge < -0.3 is 9.64 Å². The van der Waals surface area contributed by atoms with Gasteiger partial charge in [-0.25, -0.2) is 4.98 Å². The first-order chi connectivity index (χ1) is 11.7. The molecule has 4 nitrogen and oxygen atoms in total. The highest BCUT2D eigenvalue weighted by Crippen LogP contribution is 2.36. The van der Waals surface area contributed by atoms with Gasteiger partial charge in [-0.05, 0) is 44.7 Å². The van der Waals surface area contributed by atoms with E-state index in [-0.39, 0.29) is 5.92 Å². The van der Waals surface area contributed by atoms with Crippen LogP contribution in [-0.2, 0) is 17.9 Å². The minimum Gasteiger partial charge on any atom is -0.486 e. The molecule has 5 heteroatoms. The van der Waals surface area contributed by atoms with Crippen LogP contribution in [0, 0.1) is 12.8 Å². The Balaban J connectivity index is 1.35. The fourth-order valence-corrected chi connectivity index (χ4v) is 3.48. The Morgan fingerprint density at radius 3 is 2.67 bits per heavy atom. The lowest BCUT2D eigenvalue weighted by molar-refractivity contribution is -0.133. The largest absolute Gasteiger partial charge is 0.486 e. The molecule has 126 valence electrons. The molecule has 2 aliphatic rings. The number of carbonyl (C=O) groups is 1. The fourth-order valence-electron chi connectivity index (χ4n) is 2.78. The first-order valence-corrected chi connectivity index (χ1v) is 9.50. The number of rotatable bonds is 7. The number of hydrogen-bond acceptors (Lipinski definition) is 4. The van der Waals surface area contributed by atoms with Gasteiger partial charge in [-0.3, -0.25) is 4.79 Å². The van der Waals surface area contributed by atoms with Crippen molar-refractivity contribution in [3.8, 4) is 5.75 Å². The van der Waals surface area contributed by atoms with Crippen LogP contribution in [0.1, 0.15) is 41.9 Å². The summed E-state index contributed by atoms with van der Waals surface area (Å²) in [6, 6.07) is 8.49. The Kier molecular flexibility index (Phi) is 4.27. The number of thiazole rings is 1. The Morgan fingerprint density at radius 1 is 1.25 bits per heavy atom. The van der Waals surface area contributed by atoms with Crippen molar-refractivity contribution in [2.45, 2.75) is 51.8 Å². The van der Waals surface area contributed by atoms with E-state index in [9.17, 15) is 4.79 Å². The lowest BCUT2D eigenvalue weighted by Crippen LogP contribution is -2.33. The summed E-state index contributed by atoms with van der Waals surface area (Å²) < 4.78 is 5.79. The molecule has 1 aromatic heterocycles. The maximum Gasteiger partial charge on any atom is 0.226 e. The summed E-state index contributed by atoms with van der Waals surface area (Å²) in [6.45, 7) is 3.19. The molecule has 0 N–H and O–H groups in total. The summed E-state index contributed by atoms with van der Waals surface area (Å²) in [5.74, 6) is 1.48. The quantitative estimate of drug-likeness (QED) is 0.765. The van der Waals surface area contributed by atoms with Gasteiger partial charge >= 0.3 is 0 Å². The minimum atomic E-state index is 0.286. The second-order valence-corrected chi connectivity index (χ2v) is 7.75. The van der Waals surface area contributed by atoms with Crippen molar-refractivity contribution in [2.24, 2.45) is 5.92 Å². The van der Waals surface area contributed by atoms with Crippen LogP contribution in [0.5, 0.6) is 5.75 Å². The predicted molar refractivity (Wildman–Crippen MR) is 93.9 cm³/mol. The highest BCUT2D eigenvalue weighted by Gasteiger charge is 2.40. The molecule has 2 saturated carbocycles. The Hall–Kier alpha value is -1.88. The average molecular weight is 342 g/mol. The summed E-state index contributed by atoms with van der Waals surface area (Å²) in [4.78, 5) is 19.1. The Bertz CT molecular complexity index is 717. The molecule has 2 aromatic rings. The van der Waals surface area contributed by atoms with Gasteiger partial charge in [-0.2, -0.15) is 0 Å². The van der Waals surface area contributed by atoms with Gasteiger partial charge in [0.15, 0.2) is 0 Å². The van der Waals surface area contributed by atoms with Gasteiger partial charge in [0, 0.05) is 17.3 Å². The second kappa shape index (κ2) is 6.55. The van der Waals surface area contributed by atoms with Crippen LogP contribution < -0.4 is 4.74 Å². The molecule has 4 rings (SSSR count). The van der Waals surface area contributed by atoms with Crippen molar-refractivity contribution in [2.75, 3.05) is 0 Å². The van der Waals surface area contributed by atoms with Crippen LogP contribution in [-0.4, -0.2) is 21.8 Å². The van der Waals surface area contributed by atoms with Gasteiger partial charge in [-0.15, -0.1) is 11.3 Å². The van der Waals surface area contributed by atoms with E-state index >= 15 is 0 Å². The van der Waals surface area contributed by atoms with E-state index in [0.717, 1.165) is 42.1 Å². The number of amides is 1. The van der Waals surface area contributed by atoms with Crippen LogP contribution in [0.4, 0.5) is 0 Å². The zero-order valence-corrected chi connectivity index (χ0v) is 14.7. The van der Waals surface area contributed by atoms with Crippen LogP contribution in [0.2, 0.25) is 0 Å². The first-order valence-electron chi connectivity index (χ1n) is 8.62. The lowest BCUT2D eigenvalue weighted by atomic mass is 10.2. The molecule has 0 unspecified atom stereocenters. The number of aryl methyl sites for hydroxylation is 1.